The number of hydrogen-bond donors (Lipinski definition) is 1. The van der Waals surface area contributed by atoms with Crippen LogP contribution in [0, 0.1) is 12.7 Å². The summed E-state index contributed by atoms with van der Waals surface area (Å²) >= 11 is 1.37. The molecule has 4 rings (SSSR count). The second-order valence-corrected chi connectivity index (χ2v) is 8.03. The molecule has 1 aromatic heterocycles. The fraction of sp³-hybridized carbons (Fsp3) is 0.125. The first-order valence-electron chi connectivity index (χ1n) is 9.79. The lowest BCUT2D eigenvalue weighted by atomic mass is 10.1. The minimum atomic E-state index is -0.314. The number of carbonyl (C=O) groups excluding carboxylic acids is 1. The van der Waals surface area contributed by atoms with Crippen molar-refractivity contribution < 1.29 is 9.18 Å². The summed E-state index contributed by atoms with van der Waals surface area (Å²) in [5.74, 6) is -0.374. The van der Waals surface area contributed by atoms with Crippen LogP contribution in [-0.4, -0.2) is 27.4 Å². The normalized spacial score (nSPS) is 11.3. The van der Waals surface area contributed by atoms with Gasteiger partial charge >= 0.3 is 0 Å². The Kier molecular flexibility index (Phi) is 6.43. The number of rotatable bonds is 7. The van der Waals surface area contributed by atoms with Gasteiger partial charge < -0.3 is 4.57 Å². The Hall–Kier alpha value is -3.45. The molecule has 31 heavy (non-hydrogen) atoms. The maximum atomic E-state index is 12.9. The van der Waals surface area contributed by atoms with Gasteiger partial charge in [-0.3, -0.25) is 4.79 Å². The molecule has 3 aromatic carbocycles. The number of aromatic nitrogens is 2. The van der Waals surface area contributed by atoms with Gasteiger partial charge in [0.15, 0.2) is 5.16 Å². The van der Waals surface area contributed by atoms with Crippen LogP contribution in [0.25, 0.3) is 11.0 Å². The molecule has 0 bridgehead atoms. The van der Waals surface area contributed by atoms with E-state index < -0.39 is 0 Å². The summed E-state index contributed by atoms with van der Waals surface area (Å²) in [6.07, 6.45) is 1.48. The molecule has 0 aliphatic rings. The number of nitrogens with zero attached hydrogens (tertiary/aromatic N) is 3. The zero-order valence-corrected chi connectivity index (χ0v) is 17.8. The van der Waals surface area contributed by atoms with Crippen molar-refractivity contribution in [2.75, 3.05) is 5.75 Å². The van der Waals surface area contributed by atoms with Crippen LogP contribution in [0.3, 0.4) is 0 Å². The van der Waals surface area contributed by atoms with Gasteiger partial charge in [-0.25, -0.2) is 14.8 Å². The van der Waals surface area contributed by atoms with Gasteiger partial charge in [0, 0.05) is 0 Å². The van der Waals surface area contributed by atoms with Gasteiger partial charge in [0.2, 0.25) is 0 Å². The molecular formula is C24H21FN4OS. The number of aryl methyl sites for hydroxylation is 1. The number of hydrazone groups is 1. The Bertz CT molecular complexity index is 1220. The molecule has 4 aromatic rings. The summed E-state index contributed by atoms with van der Waals surface area (Å²) in [6, 6.07) is 22.2. The van der Waals surface area contributed by atoms with Crippen molar-refractivity contribution in [2.45, 2.75) is 18.6 Å². The van der Waals surface area contributed by atoms with E-state index in [0.717, 1.165) is 16.2 Å². The summed E-state index contributed by atoms with van der Waals surface area (Å²) in [6.45, 7) is 2.74. The van der Waals surface area contributed by atoms with E-state index in [1.165, 1.54) is 41.2 Å². The fourth-order valence-corrected chi connectivity index (χ4v) is 3.89. The van der Waals surface area contributed by atoms with E-state index in [0.29, 0.717) is 12.1 Å². The number of hydrogen-bond acceptors (Lipinski definition) is 4. The van der Waals surface area contributed by atoms with Gasteiger partial charge in [-0.1, -0.05) is 65.9 Å². The zero-order valence-electron chi connectivity index (χ0n) is 17.0. The lowest BCUT2D eigenvalue weighted by Crippen LogP contribution is -2.20. The quantitative estimate of drug-likeness (QED) is 0.260. The third-order valence-electron chi connectivity index (χ3n) is 4.69. The van der Waals surface area contributed by atoms with Crippen molar-refractivity contribution in [3.8, 4) is 0 Å². The second-order valence-electron chi connectivity index (χ2n) is 7.09. The van der Waals surface area contributed by atoms with E-state index in [2.05, 4.69) is 46.3 Å². The highest BCUT2D eigenvalue weighted by Crippen LogP contribution is 2.25. The molecule has 0 radical (unpaired) electrons. The van der Waals surface area contributed by atoms with Gasteiger partial charge in [-0.05, 0) is 42.3 Å². The summed E-state index contributed by atoms with van der Waals surface area (Å²) in [5.41, 5.74) is 7.52. The molecule has 0 unspecified atom stereocenters. The van der Waals surface area contributed by atoms with Crippen LogP contribution >= 0.6 is 11.8 Å². The number of benzene rings is 3. The zero-order chi connectivity index (χ0) is 21.6. The van der Waals surface area contributed by atoms with Crippen LogP contribution in [0.1, 0.15) is 16.7 Å². The lowest BCUT2D eigenvalue weighted by Gasteiger charge is -2.09. The summed E-state index contributed by atoms with van der Waals surface area (Å²) in [5, 5.41) is 4.71. The van der Waals surface area contributed by atoms with Gasteiger partial charge in [0.05, 0.1) is 29.5 Å². The Balaban J connectivity index is 1.44. The van der Waals surface area contributed by atoms with E-state index in [-0.39, 0.29) is 17.5 Å². The molecule has 1 heterocycles. The van der Waals surface area contributed by atoms with Gasteiger partial charge in [0.25, 0.3) is 5.91 Å². The molecule has 0 saturated carbocycles. The SMILES string of the molecule is Cc1ccc(Cn2c(SCC(=O)N/N=C\c3ccc(F)cc3)nc3ccccc32)cc1. The van der Waals surface area contributed by atoms with Crippen molar-refractivity contribution in [2.24, 2.45) is 5.10 Å². The Morgan fingerprint density at radius 3 is 2.61 bits per heavy atom. The Morgan fingerprint density at radius 2 is 1.84 bits per heavy atom. The molecule has 0 spiro atoms. The van der Waals surface area contributed by atoms with Crippen molar-refractivity contribution >= 4 is 34.9 Å². The molecule has 1 amide bonds. The first-order valence-corrected chi connectivity index (χ1v) is 10.8. The predicted octanol–water partition coefficient (Wildman–Crippen LogP) is 4.77. The standard InChI is InChI=1S/C24H21FN4OS/c1-17-6-8-19(9-7-17)15-29-22-5-3-2-4-21(22)27-24(29)31-16-23(30)28-26-14-18-10-12-20(25)13-11-18/h2-14H,15-16H2,1H3,(H,28,30)/b26-14-. The average molecular weight is 433 g/mol. The topological polar surface area (TPSA) is 59.3 Å². The highest BCUT2D eigenvalue weighted by Gasteiger charge is 2.13. The van der Waals surface area contributed by atoms with Crippen molar-refractivity contribution in [3.05, 3.63) is 95.3 Å². The van der Waals surface area contributed by atoms with Crippen molar-refractivity contribution in [3.63, 3.8) is 0 Å². The predicted molar refractivity (Wildman–Crippen MR) is 123 cm³/mol. The fourth-order valence-electron chi connectivity index (χ4n) is 3.08. The monoisotopic (exact) mass is 432 g/mol. The van der Waals surface area contributed by atoms with E-state index in [1.54, 1.807) is 12.1 Å². The van der Waals surface area contributed by atoms with Crippen LogP contribution in [0.5, 0.6) is 0 Å². The van der Waals surface area contributed by atoms with Gasteiger partial charge in [-0.15, -0.1) is 0 Å². The third-order valence-corrected chi connectivity index (χ3v) is 5.66. The number of halogens is 1. The van der Waals surface area contributed by atoms with Crippen LogP contribution in [0.2, 0.25) is 0 Å². The van der Waals surface area contributed by atoms with Gasteiger partial charge in [-0.2, -0.15) is 5.10 Å². The van der Waals surface area contributed by atoms with Crippen LogP contribution < -0.4 is 5.43 Å². The molecule has 0 fully saturated rings. The number of amides is 1. The van der Waals surface area contributed by atoms with Crippen LogP contribution in [0.15, 0.2) is 83.1 Å². The minimum absolute atomic E-state index is 0.179. The van der Waals surface area contributed by atoms with E-state index >= 15 is 0 Å². The third kappa shape index (κ3) is 5.38. The number of carbonyl (C=O) groups is 1. The highest BCUT2D eigenvalue weighted by atomic mass is 32.2. The van der Waals surface area contributed by atoms with E-state index in [4.69, 9.17) is 4.98 Å². The number of imidazole rings is 1. The van der Waals surface area contributed by atoms with Crippen molar-refractivity contribution in [1.82, 2.24) is 15.0 Å². The minimum Gasteiger partial charge on any atom is -0.314 e. The van der Waals surface area contributed by atoms with Crippen molar-refractivity contribution in [1.29, 1.82) is 0 Å². The largest absolute Gasteiger partial charge is 0.314 e. The Morgan fingerprint density at radius 1 is 1.10 bits per heavy atom. The number of para-hydroxylation sites is 2. The summed E-state index contributed by atoms with van der Waals surface area (Å²) in [7, 11) is 0. The molecule has 7 heteroatoms. The molecule has 1 N–H and O–H groups in total. The maximum Gasteiger partial charge on any atom is 0.250 e. The molecular weight excluding hydrogens is 411 g/mol. The molecule has 5 nitrogen and oxygen atoms in total. The van der Waals surface area contributed by atoms with Crippen LogP contribution in [-0.2, 0) is 11.3 Å². The number of fused-ring (bicyclic) bond motifs is 1. The lowest BCUT2D eigenvalue weighted by molar-refractivity contribution is -0.118. The first-order chi connectivity index (χ1) is 15.1. The molecule has 0 aliphatic carbocycles. The number of nitrogens with one attached hydrogen (secondary N) is 1. The summed E-state index contributed by atoms with van der Waals surface area (Å²) in [4.78, 5) is 16.9. The summed E-state index contributed by atoms with van der Waals surface area (Å²) < 4.78 is 15.1. The Labute approximate surface area is 184 Å². The second kappa shape index (κ2) is 9.57. The molecule has 0 aliphatic heterocycles. The number of thioether (sulfide) groups is 1. The first kappa shape index (κ1) is 20.8. The highest BCUT2D eigenvalue weighted by molar-refractivity contribution is 7.99. The maximum absolute atomic E-state index is 12.9. The molecule has 0 atom stereocenters. The molecule has 0 saturated heterocycles. The van der Waals surface area contributed by atoms with Gasteiger partial charge in [0.1, 0.15) is 5.82 Å². The van der Waals surface area contributed by atoms with E-state index in [9.17, 15) is 9.18 Å². The van der Waals surface area contributed by atoms with Crippen LogP contribution in [0.4, 0.5) is 4.39 Å². The molecule has 156 valence electrons. The average Bonchev–Trinajstić information content (AvgIpc) is 3.12. The van der Waals surface area contributed by atoms with E-state index in [1.807, 2.05) is 24.3 Å². The smallest absolute Gasteiger partial charge is 0.250 e.